The van der Waals surface area contributed by atoms with E-state index in [9.17, 15) is 9.59 Å². The molecular weight excluding hydrogens is 542 g/mol. The third kappa shape index (κ3) is 3.05. The second kappa shape index (κ2) is 8.53. The molecule has 3 aliphatic rings. The number of ether oxygens (including phenoxy) is 3. The fraction of sp³-hybridized carbons (Fsp3) is 0.257. The molecule has 2 aromatic heterocycles. The van der Waals surface area contributed by atoms with Gasteiger partial charge in [-0.1, -0.05) is 12.1 Å². The van der Waals surface area contributed by atoms with Crippen LogP contribution in [0.2, 0.25) is 0 Å². The Hall–Kier alpha value is -4.98. The largest absolute Gasteiger partial charge is 0.497 e. The first-order valence-corrected chi connectivity index (χ1v) is 14.7. The van der Waals surface area contributed by atoms with Gasteiger partial charge >= 0.3 is 0 Å². The van der Waals surface area contributed by atoms with Crippen molar-refractivity contribution < 1.29 is 23.8 Å². The number of imide groups is 1. The molecule has 2 aliphatic heterocycles. The number of rotatable bonds is 5. The van der Waals surface area contributed by atoms with E-state index in [1.54, 1.807) is 21.3 Å². The normalized spacial score (nSPS) is 18.9. The molecule has 4 aromatic carbocycles. The molecule has 2 bridgehead atoms. The minimum Gasteiger partial charge on any atom is -0.497 e. The van der Waals surface area contributed by atoms with Crippen molar-refractivity contribution in [2.45, 2.75) is 37.9 Å². The molecule has 0 radical (unpaired) electrons. The summed E-state index contributed by atoms with van der Waals surface area (Å²) in [6.45, 7) is 0.175. The molecule has 0 N–H and O–H groups in total. The average molecular weight is 572 g/mol. The Labute approximate surface area is 246 Å². The molecule has 1 fully saturated rings. The van der Waals surface area contributed by atoms with Crippen molar-refractivity contribution in [2.24, 2.45) is 0 Å². The lowest BCUT2D eigenvalue weighted by Crippen LogP contribution is -2.29. The molecule has 6 aromatic rings. The van der Waals surface area contributed by atoms with Gasteiger partial charge in [0, 0.05) is 44.7 Å². The monoisotopic (exact) mass is 571 g/mol. The van der Waals surface area contributed by atoms with Crippen LogP contribution in [0.5, 0.6) is 17.2 Å². The molecule has 8 heteroatoms. The van der Waals surface area contributed by atoms with E-state index in [4.69, 9.17) is 14.2 Å². The molecule has 0 spiro atoms. The smallest absolute Gasteiger partial charge is 0.262 e. The Morgan fingerprint density at radius 1 is 0.651 bits per heavy atom. The van der Waals surface area contributed by atoms with Gasteiger partial charge in [-0.25, -0.2) is 0 Å². The molecule has 9 rings (SSSR count). The Morgan fingerprint density at radius 3 is 1.58 bits per heavy atom. The molecule has 214 valence electrons. The minimum absolute atomic E-state index is 0.175. The van der Waals surface area contributed by atoms with E-state index in [0.717, 1.165) is 85.7 Å². The topological polar surface area (TPSA) is 74.9 Å². The first kappa shape index (κ1) is 24.6. The maximum Gasteiger partial charge on any atom is 0.262 e. The predicted octanol–water partition coefficient (Wildman–Crippen LogP) is 7.00. The highest BCUT2D eigenvalue weighted by molar-refractivity contribution is 6.39. The van der Waals surface area contributed by atoms with E-state index in [1.165, 1.54) is 4.90 Å². The first-order valence-electron chi connectivity index (χ1n) is 14.7. The molecule has 0 unspecified atom stereocenters. The number of benzene rings is 4. The van der Waals surface area contributed by atoms with Crippen molar-refractivity contribution in [1.29, 1.82) is 0 Å². The van der Waals surface area contributed by atoms with E-state index >= 15 is 0 Å². The molecule has 1 aliphatic carbocycles. The molecule has 8 nitrogen and oxygen atoms in total. The van der Waals surface area contributed by atoms with Crippen LogP contribution < -0.4 is 14.2 Å². The third-order valence-electron chi connectivity index (χ3n) is 9.92. The highest BCUT2D eigenvalue weighted by atomic mass is 16.5. The quantitative estimate of drug-likeness (QED) is 0.208. The molecule has 1 saturated carbocycles. The second-order valence-electron chi connectivity index (χ2n) is 11.9. The van der Waals surface area contributed by atoms with Gasteiger partial charge < -0.3 is 23.3 Å². The lowest BCUT2D eigenvalue weighted by molar-refractivity contribution is 0.0643. The molecule has 2 amide bonds. The van der Waals surface area contributed by atoms with E-state index in [0.29, 0.717) is 23.2 Å². The number of aromatic nitrogens is 2. The van der Waals surface area contributed by atoms with Crippen LogP contribution in [-0.2, 0) is 6.54 Å². The van der Waals surface area contributed by atoms with Crippen molar-refractivity contribution in [3.05, 3.63) is 77.4 Å². The summed E-state index contributed by atoms with van der Waals surface area (Å²) in [5, 5.41) is 3.57. The first-order chi connectivity index (χ1) is 21.0. The fourth-order valence-electron chi connectivity index (χ4n) is 8.07. The van der Waals surface area contributed by atoms with Gasteiger partial charge in [0.2, 0.25) is 0 Å². The lowest BCUT2D eigenvalue weighted by Gasteiger charge is -2.16. The van der Waals surface area contributed by atoms with Crippen LogP contribution in [0.25, 0.3) is 43.6 Å². The summed E-state index contributed by atoms with van der Waals surface area (Å²) in [7, 11) is 4.93. The third-order valence-corrected chi connectivity index (χ3v) is 9.92. The Kier molecular flexibility index (Phi) is 4.88. The average Bonchev–Trinajstić information content (AvgIpc) is 3.75. The number of hydrogen-bond donors (Lipinski definition) is 0. The van der Waals surface area contributed by atoms with Crippen LogP contribution in [0.3, 0.4) is 0 Å². The van der Waals surface area contributed by atoms with Gasteiger partial charge in [-0.15, -0.1) is 0 Å². The zero-order valence-corrected chi connectivity index (χ0v) is 24.1. The molecule has 0 saturated heterocycles. The number of hydrogen-bond acceptors (Lipinski definition) is 5. The van der Waals surface area contributed by atoms with E-state index in [2.05, 4.69) is 21.3 Å². The zero-order chi connectivity index (χ0) is 29.1. The molecule has 4 heterocycles. The summed E-state index contributed by atoms with van der Waals surface area (Å²) in [6.07, 6.45) is 3.11. The number of carbonyl (C=O) groups is 2. The fourth-order valence-corrected chi connectivity index (χ4v) is 8.07. The summed E-state index contributed by atoms with van der Waals surface area (Å²) in [6, 6.07) is 20.3. The van der Waals surface area contributed by atoms with Crippen LogP contribution >= 0.6 is 0 Å². The number of nitrogens with zero attached hydrogens (tertiary/aromatic N) is 3. The van der Waals surface area contributed by atoms with Crippen LogP contribution in [-0.4, -0.2) is 47.2 Å². The Balaban J connectivity index is 1.44. The van der Waals surface area contributed by atoms with Gasteiger partial charge in [-0.05, 0) is 73.4 Å². The van der Waals surface area contributed by atoms with E-state index in [-0.39, 0.29) is 18.4 Å². The summed E-state index contributed by atoms with van der Waals surface area (Å²) < 4.78 is 21.5. The second-order valence-corrected chi connectivity index (χ2v) is 11.9. The number of methoxy groups -OCH3 is 3. The highest BCUT2D eigenvalue weighted by Crippen LogP contribution is 2.54. The highest BCUT2D eigenvalue weighted by Gasteiger charge is 2.45. The van der Waals surface area contributed by atoms with Crippen LogP contribution in [0.4, 0.5) is 0 Å². The Morgan fingerprint density at radius 2 is 1.12 bits per heavy atom. The minimum atomic E-state index is -0.266. The number of amides is 2. The van der Waals surface area contributed by atoms with Gasteiger partial charge in [0.1, 0.15) is 17.2 Å². The van der Waals surface area contributed by atoms with Gasteiger partial charge in [0.15, 0.2) is 0 Å². The van der Waals surface area contributed by atoms with Gasteiger partial charge in [-0.3, -0.25) is 14.5 Å². The van der Waals surface area contributed by atoms with Crippen molar-refractivity contribution in [2.75, 3.05) is 21.3 Å². The van der Waals surface area contributed by atoms with Crippen LogP contribution in [0.1, 0.15) is 57.6 Å². The number of fused-ring (bicyclic) bond motifs is 13. The SMILES string of the molecule is COc1ccc(CN2C(=O)c3c(c4c5cc(OC)ccc5n5c4c4c3c3cc(OC)ccc3n4[C@@H]3CC[C@H]5C3)C2=O)cc1. The predicted molar refractivity (Wildman–Crippen MR) is 165 cm³/mol. The van der Waals surface area contributed by atoms with Crippen molar-refractivity contribution in [1.82, 2.24) is 14.0 Å². The molecule has 43 heavy (non-hydrogen) atoms. The summed E-state index contributed by atoms with van der Waals surface area (Å²) in [5.41, 5.74) is 6.03. The van der Waals surface area contributed by atoms with Gasteiger partial charge in [-0.2, -0.15) is 0 Å². The molecular formula is C35H29N3O5. The molecule has 2 atom stereocenters. The van der Waals surface area contributed by atoms with Crippen LogP contribution in [0, 0.1) is 0 Å². The summed E-state index contributed by atoms with van der Waals surface area (Å²) >= 11 is 0. The summed E-state index contributed by atoms with van der Waals surface area (Å²) in [4.78, 5) is 30.5. The zero-order valence-electron chi connectivity index (χ0n) is 24.1. The maximum atomic E-state index is 14.5. The lowest BCUT2D eigenvalue weighted by atomic mass is 9.96. The number of carbonyl (C=O) groups excluding carboxylic acids is 2. The summed E-state index contributed by atoms with van der Waals surface area (Å²) in [5.74, 6) is 1.63. The van der Waals surface area contributed by atoms with E-state index < -0.39 is 0 Å². The van der Waals surface area contributed by atoms with Crippen LogP contribution in [0.15, 0.2) is 60.7 Å². The van der Waals surface area contributed by atoms with E-state index in [1.807, 2.05) is 48.5 Å². The van der Waals surface area contributed by atoms with Gasteiger partial charge in [0.05, 0.1) is 50.0 Å². The Bertz CT molecular complexity index is 2080. The van der Waals surface area contributed by atoms with Gasteiger partial charge in [0.25, 0.3) is 11.8 Å². The maximum absolute atomic E-state index is 14.5. The standard InChI is InChI=1S/C35H29N3O5/c1-41-21-8-4-18(5-9-21)17-36-34(39)30-28-24-15-22(42-2)10-12-26(24)37-19-6-7-20(14-19)38-27-13-11-23(43-3)16-25(27)29(31(30)35(36)40)33(38)32(28)37/h4-5,8-13,15-16,19-20H,6-7,14,17H2,1-3H3/t19-,20+. The van der Waals surface area contributed by atoms with Crippen molar-refractivity contribution >= 4 is 55.4 Å². The van der Waals surface area contributed by atoms with Crippen molar-refractivity contribution in [3.8, 4) is 17.2 Å². The van der Waals surface area contributed by atoms with Crippen molar-refractivity contribution in [3.63, 3.8) is 0 Å².